The monoisotopic (exact) mass is 274 g/mol. The molecule has 0 radical (unpaired) electrons. The van der Waals surface area contributed by atoms with E-state index in [0.29, 0.717) is 12.1 Å². The van der Waals surface area contributed by atoms with Crippen molar-refractivity contribution in [1.29, 1.82) is 0 Å². The van der Waals surface area contributed by atoms with Crippen molar-refractivity contribution in [2.45, 2.75) is 25.9 Å². The summed E-state index contributed by atoms with van der Waals surface area (Å²) in [6.45, 7) is 4.28. The first kappa shape index (κ1) is 12.7. The molecule has 2 heterocycles. The van der Waals surface area contributed by atoms with Crippen LogP contribution in [0.3, 0.4) is 0 Å². The molecule has 5 heteroatoms. The molecular weight excluding hydrogens is 256 g/mol. The van der Waals surface area contributed by atoms with Crippen molar-refractivity contribution >= 4 is 34.9 Å². The summed E-state index contributed by atoms with van der Waals surface area (Å²) >= 11 is 5.90. The van der Waals surface area contributed by atoms with Gasteiger partial charge < -0.3 is 5.32 Å². The first-order valence-electron chi connectivity index (χ1n) is 5.59. The highest BCUT2D eigenvalue weighted by Gasteiger charge is 2.17. The number of thiazole rings is 1. The third kappa shape index (κ3) is 3.65. The van der Waals surface area contributed by atoms with Gasteiger partial charge in [0.05, 0.1) is 6.04 Å². The van der Waals surface area contributed by atoms with Crippen LogP contribution in [0.25, 0.3) is 0 Å². The van der Waals surface area contributed by atoms with E-state index in [1.807, 2.05) is 0 Å². The van der Waals surface area contributed by atoms with E-state index in [1.165, 1.54) is 28.0 Å². The zero-order valence-electron chi connectivity index (χ0n) is 9.73. The van der Waals surface area contributed by atoms with Gasteiger partial charge in [0.25, 0.3) is 0 Å². The van der Waals surface area contributed by atoms with Gasteiger partial charge in [-0.05, 0) is 13.8 Å². The predicted molar refractivity (Wildman–Crippen MR) is 76.8 cm³/mol. The Labute approximate surface area is 110 Å². The molecule has 0 amide bonds. The van der Waals surface area contributed by atoms with E-state index in [0.717, 1.165) is 5.69 Å². The van der Waals surface area contributed by atoms with Crippen LogP contribution in [-0.2, 0) is 0 Å². The van der Waals surface area contributed by atoms with Gasteiger partial charge in [-0.1, -0.05) is 0 Å². The second-order valence-electron chi connectivity index (χ2n) is 4.06. The Morgan fingerprint density at radius 3 is 2.62 bits per heavy atom. The molecule has 1 atom stereocenters. The van der Waals surface area contributed by atoms with E-state index in [2.05, 4.69) is 53.1 Å². The van der Waals surface area contributed by atoms with Crippen LogP contribution in [0.15, 0.2) is 5.38 Å². The number of nitrogens with zero attached hydrogens (tertiary/aromatic N) is 1. The van der Waals surface area contributed by atoms with Gasteiger partial charge in [0.1, 0.15) is 5.01 Å². The van der Waals surface area contributed by atoms with Crippen molar-refractivity contribution in [3.05, 3.63) is 16.1 Å². The maximum atomic E-state index is 4.54. The van der Waals surface area contributed by atoms with E-state index >= 15 is 0 Å². The van der Waals surface area contributed by atoms with Crippen LogP contribution in [0.1, 0.15) is 23.7 Å². The number of aryl methyl sites for hydroxylation is 1. The SMILES string of the molecule is Cc1csc(C(C)NC2CSCCSC2)n1. The van der Waals surface area contributed by atoms with E-state index in [4.69, 9.17) is 0 Å². The highest BCUT2D eigenvalue weighted by molar-refractivity contribution is 8.03. The molecule has 0 spiro atoms. The Kier molecular flexibility index (Phi) is 5.00. The Balaban J connectivity index is 1.88. The molecule has 0 bridgehead atoms. The lowest BCUT2D eigenvalue weighted by atomic mass is 10.3. The number of aromatic nitrogens is 1. The summed E-state index contributed by atoms with van der Waals surface area (Å²) in [5.74, 6) is 5.07. The van der Waals surface area contributed by atoms with Crippen molar-refractivity contribution < 1.29 is 0 Å². The van der Waals surface area contributed by atoms with Gasteiger partial charge in [0.15, 0.2) is 0 Å². The maximum absolute atomic E-state index is 4.54. The smallest absolute Gasteiger partial charge is 0.110 e. The molecule has 0 aliphatic carbocycles. The number of nitrogens with one attached hydrogen (secondary N) is 1. The molecule has 90 valence electrons. The Morgan fingerprint density at radius 2 is 2.06 bits per heavy atom. The van der Waals surface area contributed by atoms with Crippen LogP contribution < -0.4 is 5.32 Å². The average molecular weight is 274 g/mol. The predicted octanol–water partition coefficient (Wildman–Crippen LogP) is 2.95. The molecule has 1 aromatic heterocycles. The first-order chi connectivity index (χ1) is 7.75. The molecule has 2 rings (SSSR count). The number of thioether (sulfide) groups is 2. The fraction of sp³-hybridized carbons (Fsp3) is 0.727. The van der Waals surface area contributed by atoms with E-state index in [-0.39, 0.29) is 0 Å². The summed E-state index contributed by atoms with van der Waals surface area (Å²) < 4.78 is 0. The molecule has 2 nitrogen and oxygen atoms in total. The van der Waals surface area contributed by atoms with Crippen LogP contribution in [0, 0.1) is 6.92 Å². The van der Waals surface area contributed by atoms with Crippen LogP contribution >= 0.6 is 34.9 Å². The Hall–Kier alpha value is 0.290. The molecule has 1 fully saturated rings. The summed E-state index contributed by atoms with van der Waals surface area (Å²) in [6.07, 6.45) is 0. The van der Waals surface area contributed by atoms with Gasteiger partial charge >= 0.3 is 0 Å². The van der Waals surface area contributed by atoms with Crippen LogP contribution in [-0.4, -0.2) is 34.0 Å². The summed E-state index contributed by atoms with van der Waals surface area (Å²) in [5.41, 5.74) is 1.14. The molecule has 1 aliphatic heterocycles. The zero-order valence-corrected chi connectivity index (χ0v) is 12.2. The van der Waals surface area contributed by atoms with Crippen LogP contribution in [0.5, 0.6) is 0 Å². The van der Waals surface area contributed by atoms with Gasteiger partial charge in [-0.3, -0.25) is 0 Å². The Morgan fingerprint density at radius 1 is 1.38 bits per heavy atom. The molecule has 1 unspecified atom stereocenters. The molecule has 1 aliphatic rings. The zero-order chi connectivity index (χ0) is 11.4. The van der Waals surface area contributed by atoms with Crippen LogP contribution in [0.2, 0.25) is 0 Å². The normalized spacial score (nSPS) is 20.6. The second-order valence-corrected chi connectivity index (χ2v) is 7.25. The van der Waals surface area contributed by atoms with E-state index < -0.39 is 0 Å². The second kappa shape index (κ2) is 6.28. The van der Waals surface area contributed by atoms with Crippen molar-refractivity contribution in [1.82, 2.24) is 10.3 Å². The third-order valence-corrected chi connectivity index (χ3v) is 6.17. The highest BCUT2D eigenvalue weighted by Crippen LogP contribution is 2.21. The van der Waals surface area contributed by atoms with Crippen LogP contribution in [0.4, 0.5) is 0 Å². The van der Waals surface area contributed by atoms with Gasteiger partial charge in [-0.15, -0.1) is 11.3 Å². The van der Waals surface area contributed by atoms with Gasteiger partial charge in [0.2, 0.25) is 0 Å². The van der Waals surface area contributed by atoms with Gasteiger partial charge in [-0.2, -0.15) is 23.5 Å². The van der Waals surface area contributed by atoms with Crippen molar-refractivity contribution in [2.24, 2.45) is 0 Å². The van der Waals surface area contributed by atoms with E-state index in [9.17, 15) is 0 Å². The summed E-state index contributed by atoms with van der Waals surface area (Å²) in [4.78, 5) is 4.54. The minimum absolute atomic E-state index is 0.392. The Bertz CT molecular complexity index is 319. The minimum atomic E-state index is 0.392. The fourth-order valence-electron chi connectivity index (χ4n) is 1.71. The molecular formula is C11H18N2S3. The number of hydrogen-bond acceptors (Lipinski definition) is 5. The summed E-state index contributed by atoms with van der Waals surface area (Å²) in [7, 11) is 0. The van der Waals surface area contributed by atoms with E-state index in [1.54, 1.807) is 11.3 Å². The lowest BCUT2D eigenvalue weighted by Crippen LogP contribution is -2.35. The molecule has 1 aromatic rings. The summed E-state index contributed by atoms with van der Waals surface area (Å²) in [5, 5.41) is 7.04. The molecule has 1 saturated heterocycles. The minimum Gasteiger partial charge on any atom is -0.304 e. The largest absolute Gasteiger partial charge is 0.304 e. The van der Waals surface area contributed by atoms with Crippen molar-refractivity contribution in [2.75, 3.05) is 23.0 Å². The molecule has 0 aromatic carbocycles. The average Bonchev–Trinajstić information content (AvgIpc) is 2.54. The quantitative estimate of drug-likeness (QED) is 0.916. The molecule has 16 heavy (non-hydrogen) atoms. The first-order valence-corrected chi connectivity index (χ1v) is 8.78. The molecule has 0 saturated carbocycles. The van der Waals surface area contributed by atoms with Gasteiger partial charge in [0, 0.05) is 40.1 Å². The third-order valence-electron chi connectivity index (χ3n) is 2.50. The van der Waals surface area contributed by atoms with Crippen molar-refractivity contribution in [3.63, 3.8) is 0 Å². The lowest BCUT2D eigenvalue weighted by Gasteiger charge is -2.19. The van der Waals surface area contributed by atoms with Gasteiger partial charge in [-0.25, -0.2) is 4.98 Å². The highest BCUT2D eigenvalue weighted by atomic mass is 32.2. The standard InChI is InChI=1S/C11H18N2S3/c1-8-5-16-11(12-8)9(2)13-10-6-14-3-4-15-7-10/h5,9-10,13H,3-4,6-7H2,1-2H3. The fourth-order valence-corrected chi connectivity index (χ4v) is 4.94. The van der Waals surface area contributed by atoms with Crippen molar-refractivity contribution in [3.8, 4) is 0 Å². The summed E-state index contributed by atoms with van der Waals surface area (Å²) in [6, 6.07) is 1.03. The lowest BCUT2D eigenvalue weighted by molar-refractivity contribution is 0.514. The number of hydrogen-bond donors (Lipinski definition) is 1. The molecule has 1 N–H and O–H groups in total. The number of rotatable bonds is 3. The maximum Gasteiger partial charge on any atom is 0.110 e. The topological polar surface area (TPSA) is 24.9 Å².